The Morgan fingerprint density at radius 1 is 1.24 bits per heavy atom. The Hall–Kier alpha value is -0.910. The van der Waals surface area contributed by atoms with Crippen LogP contribution in [-0.2, 0) is 4.79 Å². The second-order valence-electron chi connectivity index (χ2n) is 6.40. The normalized spacial score (nSPS) is 33.5. The molecule has 4 atom stereocenters. The Kier molecular flexibility index (Phi) is 5.79. The van der Waals surface area contributed by atoms with E-state index in [9.17, 15) is 14.7 Å². The molecule has 2 fully saturated rings. The van der Waals surface area contributed by atoms with Crippen LogP contribution in [0.3, 0.4) is 0 Å². The Bertz CT molecular complexity index is 391. The van der Waals surface area contributed by atoms with Gasteiger partial charge in [0.05, 0.1) is 5.92 Å². The molecule has 2 rings (SSSR count). The minimum absolute atomic E-state index is 0.0845. The van der Waals surface area contributed by atoms with Gasteiger partial charge in [0.15, 0.2) is 0 Å². The van der Waals surface area contributed by atoms with Gasteiger partial charge in [-0.2, -0.15) is 11.8 Å². The van der Waals surface area contributed by atoms with Crippen molar-refractivity contribution < 1.29 is 14.7 Å². The Morgan fingerprint density at radius 3 is 2.62 bits per heavy atom. The van der Waals surface area contributed by atoms with Gasteiger partial charge in [0.2, 0.25) is 0 Å². The largest absolute Gasteiger partial charge is 0.481 e. The number of amides is 2. The number of carbonyl (C=O) groups is 2. The number of nitrogens with one attached hydrogen (secondary N) is 1. The summed E-state index contributed by atoms with van der Waals surface area (Å²) in [4.78, 5) is 25.3. The lowest BCUT2D eigenvalue weighted by molar-refractivity contribution is -0.143. The topological polar surface area (TPSA) is 69.6 Å². The van der Waals surface area contributed by atoms with Gasteiger partial charge in [0.25, 0.3) is 0 Å². The number of carboxylic acids is 1. The predicted molar refractivity (Wildman–Crippen MR) is 84.6 cm³/mol. The fourth-order valence-electron chi connectivity index (χ4n) is 3.49. The third kappa shape index (κ3) is 4.28. The molecule has 21 heavy (non-hydrogen) atoms. The highest BCUT2D eigenvalue weighted by atomic mass is 32.2. The molecular formula is C15H26N2O3S. The molecule has 2 N–H and O–H groups in total. The van der Waals surface area contributed by atoms with Gasteiger partial charge in [-0.1, -0.05) is 19.8 Å². The zero-order valence-electron chi connectivity index (χ0n) is 12.9. The average Bonchev–Trinajstić information content (AvgIpc) is 2.47. The summed E-state index contributed by atoms with van der Waals surface area (Å²) < 4.78 is 0. The van der Waals surface area contributed by atoms with E-state index in [0.29, 0.717) is 24.8 Å². The molecule has 1 saturated heterocycles. The van der Waals surface area contributed by atoms with Crippen molar-refractivity contribution in [3.8, 4) is 0 Å². The van der Waals surface area contributed by atoms with E-state index in [1.165, 1.54) is 6.42 Å². The van der Waals surface area contributed by atoms with Crippen molar-refractivity contribution >= 4 is 23.8 Å². The van der Waals surface area contributed by atoms with Gasteiger partial charge in [-0.15, -0.1) is 0 Å². The van der Waals surface area contributed by atoms with Gasteiger partial charge < -0.3 is 15.3 Å². The first-order valence-electron chi connectivity index (χ1n) is 7.82. The summed E-state index contributed by atoms with van der Waals surface area (Å²) in [7, 11) is 0. The maximum Gasteiger partial charge on any atom is 0.317 e. The van der Waals surface area contributed by atoms with Gasteiger partial charge in [-0.05, 0) is 31.4 Å². The molecule has 0 spiro atoms. The molecule has 1 saturated carbocycles. The van der Waals surface area contributed by atoms with Crippen LogP contribution < -0.4 is 5.32 Å². The summed E-state index contributed by atoms with van der Waals surface area (Å²) in [5.41, 5.74) is 0. The van der Waals surface area contributed by atoms with Crippen LogP contribution in [0, 0.1) is 11.8 Å². The Labute approximate surface area is 130 Å². The fraction of sp³-hybridized carbons (Fsp3) is 0.867. The van der Waals surface area contributed by atoms with E-state index < -0.39 is 11.9 Å². The number of nitrogens with zero attached hydrogens (tertiary/aromatic N) is 1. The Morgan fingerprint density at radius 2 is 1.95 bits per heavy atom. The lowest BCUT2D eigenvalue weighted by Crippen LogP contribution is -2.54. The highest BCUT2D eigenvalue weighted by Crippen LogP contribution is 2.28. The summed E-state index contributed by atoms with van der Waals surface area (Å²) >= 11 is 1.82. The van der Waals surface area contributed by atoms with Crippen molar-refractivity contribution in [2.45, 2.75) is 50.3 Å². The highest BCUT2D eigenvalue weighted by Gasteiger charge is 2.33. The van der Waals surface area contributed by atoms with Crippen LogP contribution in [-0.4, -0.2) is 52.6 Å². The Balaban J connectivity index is 1.93. The minimum Gasteiger partial charge on any atom is -0.481 e. The summed E-state index contributed by atoms with van der Waals surface area (Å²) in [5, 5.41) is 12.8. The van der Waals surface area contributed by atoms with Crippen LogP contribution in [0.4, 0.5) is 4.79 Å². The molecule has 0 bridgehead atoms. The lowest BCUT2D eigenvalue weighted by Gasteiger charge is -2.37. The third-order valence-corrected chi connectivity index (χ3v) is 5.78. The van der Waals surface area contributed by atoms with Gasteiger partial charge in [-0.25, -0.2) is 4.79 Å². The summed E-state index contributed by atoms with van der Waals surface area (Å²) in [5.74, 6) is -0.977. The molecule has 2 unspecified atom stereocenters. The van der Waals surface area contributed by atoms with E-state index in [1.54, 1.807) is 4.90 Å². The molecule has 0 aromatic carbocycles. The van der Waals surface area contributed by atoms with Crippen molar-refractivity contribution in [3.05, 3.63) is 0 Å². The summed E-state index contributed by atoms with van der Waals surface area (Å²) in [6.45, 7) is 3.01. The molecule has 0 aromatic heterocycles. The molecule has 1 aliphatic carbocycles. The lowest BCUT2D eigenvalue weighted by atomic mass is 9.90. The van der Waals surface area contributed by atoms with Crippen LogP contribution in [0.25, 0.3) is 0 Å². The molecule has 2 aliphatic rings. The van der Waals surface area contributed by atoms with Gasteiger partial charge in [0, 0.05) is 24.4 Å². The standard InChI is InChI=1S/C15H26N2O3S/c1-10-7-11(14(18)19)9-17(8-10)15(20)16-12-5-3-4-6-13(12)21-2/h10-13H,3-9H2,1-2H3,(H,16,20)(H,18,19)/t10?,11?,12-,13-/m0/s1. The number of hydrogen-bond donors (Lipinski definition) is 2. The van der Waals surface area contributed by atoms with E-state index in [4.69, 9.17) is 0 Å². The van der Waals surface area contributed by atoms with Gasteiger partial charge in [0.1, 0.15) is 0 Å². The van der Waals surface area contributed by atoms with E-state index in [0.717, 1.165) is 19.3 Å². The fourth-order valence-corrected chi connectivity index (χ4v) is 4.43. The van der Waals surface area contributed by atoms with E-state index in [-0.39, 0.29) is 18.0 Å². The number of thioether (sulfide) groups is 1. The van der Waals surface area contributed by atoms with Gasteiger partial charge >= 0.3 is 12.0 Å². The maximum atomic E-state index is 12.5. The van der Waals surface area contributed by atoms with E-state index in [1.807, 2.05) is 18.7 Å². The molecule has 2 amide bonds. The quantitative estimate of drug-likeness (QED) is 0.839. The van der Waals surface area contributed by atoms with E-state index >= 15 is 0 Å². The van der Waals surface area contributed by atoms with Crippen LogP contribution in [0.5, 0.6) is 0 Å². The van der Waals surface area contributed by atoms with Crippen LogP contribution >= 0.6 is 11.8 Å². The molecule has 1 aliphatic heterocycles. The number of carbonyl (C=O) groups excluding carboxylic acids is 1. The zero-order valence-corrected chi connectivity index (χ0v) is 13.7. The summed E-state index contributed by atoms with van der Waals surface area (Å²) in [6, 6.07) is 0.139. The predicted octanol–water partition coefficient (Wildman–Crippen LogP) is 2.41. The van der Waals surface area contributed by atoms with Crippen molar-refractivity contribution in [2.24, 2.45) is 11.8 Å². The number of likely N-dealkylation sites (tertiary alicyclic amines) is 1. The van der Waals surface area contributed by atoms with E-state index in [2.05, 4.69) is 11.6 Å². The number of hydrogen-bond acceptors (Lipinski definition) is 3. The first-order valence-corrected chi connectivity index (χ1v) is 9.11. The number of urea groups is 1. The first kappa shape index (κ1) is 16.5. The smallest absolute Gasteiger partial charge is 0.317 e. The molecule has 0 aromatic rings. The number of carboxylic acid groups (broad SMARTS) is 1. The number of aliphatic carboxylic acids is 1. The molecule has 0 radical (unpaired) electrons. The molecule has 5 nitrogen and oxygen atoms in total. The second kappa shape index (κ2) is 7.38. The molecule has 6 heteroatoms. The van der Waals surface area contributed by atoms with Crippen LogP contribution in [0.15, 0.2) is 0 Å². The van der Waals surface area contributed by atoms with Crippen LogP contribution in [0.1, 0.15) is 39.0 Å². The van der Waals surface area contributed by atoms with Crippen molar-refractivity contribution in [1.82, 2.24) is 10.2 Å². The first-order chi connectivity index (χ1) is 10.0. The molecule has 1 heterocycles. The maximum absolute atomic E-state index is 12.5. The monoisotopic (exact) mass is 314 g/mol. The summed E-state index contributed by atoms with van der Waals surface area (Å²) in [6.07, 6.45) is 7.34. The number of piperidine rings is 1. The van der Waals surface area contributed by atoms with Crippen molar-refractivity contribution in [1.29, 1.82) is 0 Å². The van der Waals surface area contributed by atoms with Crippen molar-refractivity contribution in [3.63, 3.8) is 0 Å². The second-order valence-corrected chi connectivity index (χ2v) is 7.47. The van der Waals surface area contributed by atoms with Crippen molar-refractivity contribution in [2.75, 3.05) is 19.3 Å². The van der Waals surface area contributed by atoms with Crippen LogP contribution in [0.2, 0.25) is 0 Å². The minimum atomic E-state index is -0.793. The van der Waals surface area contributed by atoms with Gasteiger partial charge in [-0.3, -0.25) is 4.79 Å². The number of rotatable bonds is 3. The molecular weight excluding hydrogens is 288 g/mol. The third-order valence-electron chi connectivity index (χ3n) is 4.61. The SMILES string of the molecule is CS[C@H]1CCCC[C@@H]1NC(=O)N1CC(C)CC(C(=O)O)C1. The zero-order chi connectivity index (χ0) is 15.4. The average molecular weight is 314 g/mol. The highest BCUT2D eigenvalue weighted by molar-refractivity contribution is 7.99. The molecule has 120 valence electrons.